The van der Waals surface area contributed by atoms with Crippen LogP contribution in [0.4, 0.5) is 27.6 Å². The smallest absolute Gasteiger partial charge is 0.266 e. The standard InChI is InChI=1S/C27H29F5N4O2/c1-13(14-4-3-5-15(21(14)28)23(29)30)33-24(38)18-9-36(27-10-26(11-27,12-27)25(31)32)20(37)6-19(18)34-22-16-7-35(2)8-17(16)22/h3-6,9,13,16-17,22-23,25,34H,7-8,10-12H2,1-2H3,(H,33,38)/t13-,16-,17+,22?,26?,27?/m1/s1. The molecule has 1 unspecified atom stereocenters. The van der Waals surface area contributed by atoms with Gasteiger partial charge in [-0.15, -0.1) is 0 Å². The Balaban J connectivity index is 1.29. The summed E-state index contributed by atoms with van der Waals surface area (Å²) in [7, 11) is 2.03. The summed E-state index contributed by atoms with van der Waals surface area (Å²) in [5, 5.41) is 6.01. The number of piperidine rings is 1. The van der Waals surface area contributed by atoms with Crippen molar-refractivity contribution in [3.63, 3.8) is 0 Å². The number of aromatic nitrogens is 1. The Morgan fingerprint density at radius 2 is 1.71 bits per heavy atom. The highest BCUT2D eigenvalue weighted by molar-refractivity contribution is 5.99. The lowest BCUT2D eigenvalue weighted by atomic mass is 9.39. The van der Waals surface area contributed by atoms with Crippen molar-refractivity contribution in [1.82, 2.24) is 14.8 Å². The van der Waals surface area contributed by atoms with Gasteiger partial charge in [0.15, 0.2) is 0 Å². The van der Waals surface area contributed by atoms with Crippen LogP contribution in [0.1, 0.15) is 60.1 Å². The normalized spacial score (nSPS) is 32.0. The molecule has 7 rings (SSSR count). The average Bonchev–Trinajstić information content (AvgIpc) is 3.23. The van der Waals surface area contributed by atoms with Crippen LogP contribution < -0.4 is 16.2 Å². The lowest BCUT2D eigenvalue weighted by molar-refractivity contribution is -0.254. The maximum atomic E-state index is 14.7. The molecule has 4 aliphatic carbocycles. The molecule has 1 aromatic carbocycles. The topological polar surface area (TPSA) is 66.4 Å². The van der Waals surface area contributed by atoms with Crippen molar-refractivity contribution in [2.45, 2.75) is 56.7 Å². The van der Waals surface area contributed by atoms with E-state index in [1.165, 1.54) is 35.9 Å². The van der Waals surface area contributed by atoms with Crippen LogP contribution in [0.15, 0.2) is 35.3 Å². The third-order valence-electron chi connectivity index (χ3n) is 9.12. The highest BCUT2D eigenvalue weighted by Gasteiger charge is 2.73. The monoisotopic (exact) mass is 536 g/mol. The molecule has 4 saturated carbocycles. The molecule has 2 aromatic rings. The fourth-order valence-corrected chi connectivity index (χ4v) is 7.06. The van der Waals surface area contributed by atoms with E-state index < -0.39 is 47.1 Å². The molecule has 5 aliphatic rings. The van der Waals surface area contributed by atoms with Crippen molar-refractivity contribution in [3.8, 4) is 0 Å². The van der Waals surface area contributed by atoms with E-state index in [9.17, 15) is 31.5 Å². The summed E-state index contributed by atoms with van der Waals surface area (Å²) in [5.74, 6) is -0.910. The molecule has 1 aliphatic heterocycles. The first-order valence-corrected chi connectivity index (χ1v) is 12.8. The van der Waals surface area contributed by atoms with Crippen LogP contribution in [0.5, 0.6) is 0 Å². The van der Waals surface area contributed by atoms with Gasteiger partial charge in [0.05, 0.1) is 22.9 Å². The first-order chi connectivity index (χ1) is 17.9. The van der Waals surface area contributed by atoms with E-state index in [-0.39, 0.29) is 42.0 Å². The fourth-order valence-electron chi connectivity index (χ4n) is 7.06. The Morgan fingerprint density at radius 3 is 2.32 bits per heavy atom. The van der Waals surface area contributed by atoms with Gasteiger partial charge in [-0.3, -0.25) is 9.59 Å². The van der Waals surface area contributed by atoms with Gasteiger partial charge in [0.2, 0.25) is 6.43 Å². The zero-order valence-electron chi connectivity index (χ0n) is 21.0. The number of anilines is 1. The molecule has 38 heavy (non-hydrogen) atoms. The van der Waals surface area contributed by atoms with Crippen molar-refractivity contribution >= 4 is 11.6 Å². The number of halogens is 5. The van der Waals surface area contributed by atoms with Crippen LogP contribution in [-0.4, -0.2) is 48.0 Å². The molecular weight excluding hydrogens is 507 g/mol. The number of benzene rings is 1. The first-order valence-electron chi connectivity index (χ1n) is 12.8. The van der Waals surface area contributed by atoms with Gasteiger partial charge in [-0.2, -0.15) is 0 Å². The van der Waals surface area contributed by atoms with Crippen LogP contribution in [0.3, 0.4) is 0 Å². The molecule has 1 saturated heterocycles. The van der Waals surface area contributed by atoms with E-state index in [1.54, 1.807) is 0 Å². The number of rotatable bonds is 8. The summed E-state index contributed by atoms with van der Waals surface area (Å²) >= 11 is 0. The number of carbonyl (C=O) groups is 1. The van der Waals surface area contributed by atoms with Gasteiger partial charge in [-0.1, -0.05) is 18.2 Å². The van der Waals surface area contributed by atoms with Gasteiger partial charge in [0, 0.05) is 47.9 Å². The maximum Gasteiger partial charge on any atom is 0.266 e. The van der Waals surface area contributed by atoms with Crippen molar-refractivity contribution in [2.75, 3.05) is 25.5 Å². The number of nitrogens with zero attached hydrogens (tertiary/aromatic N) is 2. The van der Waals surface area contributed by atoms with Crippen molar-refractivity contribution in [3.05, 3.63) is 63.3 Å². The Morgan fingerprint density at radius 1 is 1.08 bits per heavy atom. The Kier molecular flexibility index (Phi) is 5.68. The van der Waals surface area contributed by atoms with E-state index >= 15 is 0 Å². The number of amides is 1. The number of alkyl halides is 4. The van der Waals surface area contributed by atoms with Crippen LogP contribution >= 0.6 is 0 Å². The molecule has 11 heteroatoms. The molecule has 0 spiro atoms. The maximum absolute atomic E-state index is 14.7. The van der Waals surface area contributed by atoms with Gasteiger partial charge in [-0.25, -0.2) is 22.0 Å². The molecule has 2 N–H and O–H groups in total. The Hall–Kier alpha value is -2.95. The molecule has 4 atom stereocenters. The summed E-state index contributed by atoms with van der Waals surface area (Å²) in [6, 6.07) is 4.13. The molecule has 5 fully saturated rings. The van der Waals surface area contributed by atoms with Crippen LogP contribution in [0.25, 0.3) is 0 Å². The van der Waals surface area contributed by atoms with Gasteiger partial charge in [0.1, 0.15) is 5.82 Å². The molecule has 1 aromatic heterocycles. The quantitative estimate of drug-likeness (QED) is 0.487. The highest BCUT2D eigenvalue weighted by atomic mass is 19.3. The van der Waals surface area contributed by atoms with Crippen molar-refractivity contribution in [1.29, 1.82) is 0 Å². The molecule has 1 amide bonds. The predicted molar refractivity (Wildman–Crippen MR) is 130 cm³/mol. The van der Waals surface area contributed by atoms with Crippen LogP contribution in [-0.2, 0) is 5.54 Å². The van der Waals surface area contributed by atoms with Crippen molar-refractivity contribution < 1.29 is 26.7 Å². The molecule has 2 heterocycles. The predicted octanol–water partition coefficient (Wildman–Crippen LogP) is 4.53. The summed E-state index contributed by atoms with van der Waals surface area (Å²) < 4.78 is 69.4. The van der Waals surface area contributed by atoms with E-state index in [2.05, 4.69) is 15.5 Å². The highest BCUT2D eigenvalue weighted by Crippen LogP contribution is 2.73. The number of carbonyl (C=O) groups excluding carboxylic acids is 1. The number of likely N-dealkylation sites (tertiary alicyclic amines) is 1. The number of fused-ring (bicyclic) bond motifs is 1. The molecule has 6 nitrogen and oxygen atoms in total. The second-order valence-corrected chi connectivity index (χ2v) is 11.7. The Labute approximate surface area is 216 Å². The van der Waals surface area contributed by atoms with Gasteiger partial charge >= 0.3 is 0 Å². The van der Waals surface area contributed by atoms with Gasteiger partial charge in [0.25, 0.3) is 17.9 Å². The lowest BCUT2D eigenvalue weighted by Gasteiger charge is -2.70. The fraction of sp³-hybridized carbons (Fsp3) is 0.556. The Bertz CT molecular complexity index is 1330. The number of hydrogen-bond donors (Lipinski definition) is 2. The third-order valence-corrected chi connectivity index (χ3v) is 9.12. The third kappa shape index (κ3) is 3.76. The number of hydrogen-bond acceptors (Lipinski definition) is 4. The molecule has 204 valence electrons. The minimum absolute atomic E-state index is 0.0861. The molecular formula is C27H29F5N4O2. The van der Waals surface area contributed by atoms with Gasteiger partial charge < -0.3 is 20.1 Å². The van der Waals surface area contributed by atoms with Gasteiger partial charge in [-0.05, 0) is 45.1 Å². The van der Waals surface area contributed by atoms with E-state index in [0.717, 1.165) is 19.2 Å². The van der Waals surface area contributed by atoms with Crippen LogP contribution in [0, 0.1) is 23.1 Å². The summed E-state index contributed by atoms with van der Waals surface area (Å²) in [6.45, 7) is 3.29. The summed E-state index contributed by atoms with van der Waals surface area (Å²) in [6.07, 6.45) is -3.53. The minimum Gasteiger partial charge on any atom is -0.381 e. The van der Waals surface area contributed by atoms with Crippen LogP contribution in [0.2, 0.25) is 0 Å². The molecule has 2 bridgehead atoms. The largest absolute Gasteiger partial charge is 0.381 e. The summed E-state index contributed by atoms with van der Waals surface area (Å²) in [4.78, 5) is 28.8. The number of pyridine rings is 1. The van der Waals surface area contributed by atoms with Crippen molar-refractivity contribution in [2.24, 2.45) is 17.3 Å². The summed E-state index contributed by atoms with van der Waals surface area (Å²) in [5.41, 5.74) is -2.54. The molecule has 0 radical (unpaired) electrons. The SMILES string of the molecule is C[C@@H](NC(=O)c1cn(C23CC(C(F)F)(C2)C3)c(=O)cc1NC1[C@H]2CN(C)C[C@@H]12)c1cccc(C(F)F)c1F. The van der Waals surface area contributed by atoms with E-state index in [1.807, 2.05) is 7.05 Å². The van der Waals surface area contributed by atoms with E-state index in [4.69, 9.17) is 0 Å². The zero-order valence-corrected chi connectivity index (χ0v) is 21.0. The zero-order chi connectivity index (χ0) is 27.1. The number of nitrogens with one attached hydrogen (secondary N) is 2. The second-order valence-electron chi connectivity index (χ2n) is 11.7. The average molecular weight is 537 g/mol. The second kappa shape index (κ2) is 8.53. The first kappa shape index (κ1) is 25.3. The van der Waals surface area contributed by atoms with E-state index in [0.29, 0.717) is 17.5 Å². The minimum atomic E-state index is -3.00. The lowest BCUT2D eigenvalue weighted by Crippen LogP contribution is -2.71.